The highest BCUT2D eigenvalue weighted by molar-refractivity contribution is 5.82. The number of nitrogens with two attached hydrogens (primary N) is 1. The van der Waals surface area contributed by atoms with Crippen LogP contribution in [-0.2, 0) is 20.9 Å². The number of rotatable bonds is 7. The van der Waals surface area contributed by atoms with Gasteiger partial charge in [0.15, 0.2) is 0 Å². The van der Waals surface area contributed by atoms with E-state index in [0.29, 0.717) is 22.3 Å². The molecule has 0 aliphatic carbocycles. The number of methoxy groups -OCH3 is 1. The zero-order valence-electron chi connectivity index (χ0n) is 13.0. The van der Waals surface area contributed by atoms with Crippen molar-refractivity contribution in [2.24, 2.45) is 5.73 Å². The zero-order valence-corrected chi connectivity index (χ0v) is 13.0. The number of carboxylic acid groups (broad SMARTS) is 1. The number of aliphatic carboxylic acids is 1. The summed E-state index contributed by atoms with van der Waals surface area (Å²) >= 11 is 0. The number of hydrogen-bond donors (Lipinski definition) is 2. The lowest BCUT2D eigenvalue weighted by molar-refractivity contribution is -0.145. The quantitative estimate of drug-likeness (QED) is 0.567. The third-order valence-electron chi connectivity index (χ3n) is 3.40. The fourth-order valence-electron chi connectivity index (χ4n) is 2.08. The van der Waals surface area contributed by atoms with Gasteiger partial charge in [-0.1, -0.05) is 0 Å². The highest BCUT2D eigenvalue weighted by atomic mass is 16.5. The van der Waals surface area contributed by atoms with Crippen molar-refractivity contribution < 1.29 is 28.6 Å². The molecule has 0 radical (unpaired) electrons. The largest absolute Gasteiger partial charge is 0.497 e. The van der Waals surface area contributed by atoms with Crippen LogP contribution in [0.2, 0.25) is 0 Å². The van der Waals surface area contributed by atoms with Crippen molar-refractivity contribution >= 4 is 22.9 Å². The first-order valence-corrected chi connectivity index (χ1v) is 7.15. The highest BCUT2D eigenvalue weighted by Crippen LogP contribution is 2.23. The molecule has 2 rings (SSSR count). The van der Waals surface area contributed by atoms with E-state index in [1.54, 1.807) is 18.2 Å². The molecule has 2 aromatic rings. The maximum absolute atomic E-state index is 11.7. The van der Waals surface area contributed by atoms with Crippen molar-refractivity contribution in [2.45, 2.75) is 25.5 Å². The fourth-order valence-corrected chi connectivity index (χ4v) is 2.08. The number of benzene rings is 1. The van der Waals surface area contributed by atoms with Crippen molar-refractivity contribution in [3.05, 3.63) is 40.2 Å². The minimum atomic E-state index is -1.18. The summed E-state index contributed by atoms with van der Waals surface area (Å²) in [5.74, 6) is -1.24. The lowest BCUT2D eigenvalue weighted by Crippen LogP contribution is -2.30. The molecule has 0 aliphatic heterocycles. The average molecular weight is 335 g/mol. The summed E-state index contributed by atoms with van der Waals surface area (Å²) in [6.45, 7) is -0.129. The van der Waals surface area contributed by atoms with E-state index in [1.807, 2.05) is 0 Å². The van der Waals surface area contributed by atoms with E-state index < -0.39 is 23.6 Å². The summed E-state index contributed by atoms with van der Waals surface area (Å²) in [5, 5.41) is 9.28. The van der Waals surface area contributed by atoms with E-state index in [4.69, 9.17) is 24.7 Å². The van der Waals surface area contributed by atoms with Gasteiger partial charge in [0, 0.05) is 29.5 Å². The summed E-state index contributed by atoms with van der Waals surface area (Å²) in [4.78, 5) is 33.9. The second kappa shape index (κ2) is 7.60. The molecule has 1 atom stereocenters. The van der Waals surface area contributed by atoms with E-state index in [2.05, 4.69) is 0 Å². The lowest BCUT2D eigenvalue weighted by Gasteiger charge is -2.09. The SMILES string of the molecule is COc1ccc2c(COC(=O)CC[C@H](N)C(=O)O)cc(=O)oc2c1. The molecule has 8 nitrogen and oxygen atoms in total. The van der Waals surface area contributed by atoms with Crippen molar-refractivity contribution in [3.63, 3.8) is 0 Å². The van der Waals surface area contributed by atoms with Gasteiger partial charge in [0.2, 0.25) is 0 Å². The second-order valence-corrected chi connectivity index (χ2v) is 5.10. The number of ether oxygens (including phenoxy) is 2. The standard InChI is InChI=1S/C16H17NO7/c1-22-10-2-3-11-9(6-15(19)24-13(11)7-10)8-23-14(18)5-4-12(17)16(20)21/h2-3,6-7,12H,4-5,8,17H2,1H3,(H,20,21)/t12-/m0/s1. The third kappa shape index (κ3) is 4.32. The fraction of sp³-hybridized carbons (Fsp3) is 0.312. The normalized spacial score (nSPS) is 11.9. The molecule has 1 aromatic carbocycles. The molecule has 0 saturated heterocycles. The first-order chi connectivity index (χ1) is 11.4. The van der Waals surface area contributed by atoms with E-state index in [0.717, 1.165) is 0 Å². The van der Waals surface area contributed by atoms with E-state index in [1.165, 1.54) is 13.2 Å². The second-order valence-electron chi connectivity index (χ2n) is 5.10. The molecule has 3 N–H and O–H groups in total. The molecule has 1 aromatic heterocycles. The molecule has 0 amide bonds. The van der Waals surface area contributed by atoms with Gasteiger partial charge in [-0.3, -0.25) is 9.59 Å². The summed E-state index contributed by atoms with van der Waals surface area (Å²) in [6.07, 6.45) is -0.149. The van der Waals surface area contributed by atoms with Gasteiger partial charge in [-0.05, 0) is 18.6 Å². The number of carboxylic acids is 1. The first kappa shape index (κ1) is 17.5. The predicted octanol–water partition coefficient (Wildman–Crippen LogP) is 1.04. The van der Waals surface area contributed by atoms with Crippen LogP contribution in [0.1, 0.15) is 18.4 Å². The smallest absolute Gasteiger partial charge is 0.336 e. The van der Waals surface area contributed by atoms with E-state index in [-0.39, 0.29) is 19.4 Å². The Balaban J connectivity index is 2.08. The van der Waals surface area contributed by atoms with Gasteiger partial charge < -0.3 is 24.7 Å². The van der Waals surface area contributed by atoms with Crippen LogP contribution >= 0.6 is 0 Å². The maximum atomic E-state index is 11.7. The molecule has 0 fully saturated rings. The van der Waals surface area contributed by atoms with Crippen molar-refractivity contribution in [2.75, 3.05) is 7.11 Å². The van der Waals surface area contributed by atoms with Gasteiger partial charge in [-0.25, -0.2) is 4.79 Å². The Hall–Kier alpha value is -2.87. The third-order valence-corrected chi connectivity index (χ3v) is 3.40. The number of esters is 1. The van der Waals surface area contributed by atoms with Crippen LogP contribution in [0.15, 0.2) is 33.5 Å². The van der Waals surface area contributed by atoms with Crippen molar-refractivity contribution in [3.8, 4) is 5.75 Å². The molecule has 128 valence electrons. The van der Waals surface area contributed by atoms with Gasteiger partial charge >= 0.3 is 17.6 Å². The van der Waals surface area contributed by atoms with E-state index >= 15 is 0 Å². The number of fused-ring (bicyclic) bond motifs is 1. The van der Waals surface area contributed by atoms with Crippen LogP contribution in [0.3, 0.4) is 0 Å². The molecule has 0 bridgehead atoms. The van der Waals surface area contributed by atoms with Gasteiger partial charge in [0.25, 0.3) is 0 Å². The summed E-state index contributed by atoms with van der Waals surface area (Å²) in [6, 6.07) is 5.08. The van der Waals surface area contributed by atoms with Gasteiger partial charge in [-0.2, -0.15) is 0 Å². The Morgan fingerprint density at radius 3 is 2.75 bits per heavy atom. The first-order valence-electron chi connectivity index (χ1n) is 7.15. The van der Waals surface area contributed by atoms with Crippen molar-refractivity contribution in [1.82, 2.24) is 0 Å². The van der Waals surface area contributed by atoms with Crippen LogP contribution < -0.4 is 16.1 Å². The Bertz CT molecular complexity index is 812. The molecular weight excluding hydrogens is 318 g/mol. The molecule has 24 heavy (non-hydrogen) atoms. The van der Waals surface area contributed by atoms with Gasteiger partial charge in [-0.15, -0.1) is 0 Å². The van der Waals surface area contributed by atoms with Crippen LogP contribution in [0.5, 0.6) is 5.75 Å². The maximum Gasteiger partial charge on any atom is 0.336 e. The summed E-state index contributed by atoms with van der Waals surface area (Å²) in [5.41, 5.74) is 5.55. The Kier molecular flexibility index (Phi) is 5.54. The molecule has 1 heterocycles. The minimum absolute atomic E-state index is 0.0248. The van der Waals surface area contributed by atoms with Gasteiger partial charge in [0.1, 0.15) is 24.0 Å². The van der Waals surface area contributed by atoms with Crippen molar-refractivity contribution in [1.29, 1.82) is 0 Å². The average Bonchev–Trinajstić information content (AvgIpc) is 2.56. The Morgan fingerprint density at radius 1 is 1.33 bits per heavy atom. The molecule has 8 heteroatoms. The highest BCUT2D eigenvalue weighted by Gasteiger charge is 2.15. The van der Waals surface area contributed by atoms with E-state index in [9.17, 15) is 14.4 Å². The van der Waals surface area contributed by atoms with Crippen LogP contribution in [-0.4, -0.2) is 30.2 Å². The molecule has 0 unspecified atom stereocenters. The predicted molar refractivity (Wildman–Crippen MR) is 83.7 cm³/mol. The molecule has 0 spiro atoms. The van der Waals surface area contributed by atoms with Crippen LogP contribution in [0.25, 0.3) is 11.0 Å². The minimum Gasteiger partial charge on any atom is -0.497 e. The molecular formula is C16H17NO7. The molecule has 0 saturated carbocycles. The van der Waals surface area contributed by atoms with Crippen LogP contribution in [0.4, 0.5) is 0 Å². The van der Waals surface area contributed by atoms with Gasteiger partial charge in [0.05, 0.1) is 7.11 Å². The summed E-state index contributed by atoms with van der Waals surface area (Å²) < 4.78 is 15.2. The topological polar surface area (TPSA) is 129 Å². The van der Waals surface area contributed by atoms with Crippen LogP contribution in [0, 0.1) is 0 Å². The summed E-state index contributed by atoms with van der Waals surface area (Å²) in [7, 11) is 1.49. The lowest BCUT2D eigenvalue weighted by atomic mass is 10.1. The number of carbonyl (C=O) groups is 2. The Labute approximate surface area is 136 Å². The Morgan fingerprint density at radius 2 is 2.08 bits per heavy atom. The molecule has 0 aliphatic rings. The zero-order chi connectivity index (χ0) is 17.7. The number of hydrogen-bond acceptors (Lipinski definition) is 7. The number of carbonyl (C=O) groups excluding carboxylic acids is 1. The monoisotopic (exact) mass is 335 g/mol.